The van der Waals surface area contributed by atoms with Crippen molar-refractivity contribution in [2.75, 3.05) is 23.7 Å². The first-order valence-corrected chi connectivity index (χ1v) is 10.2. The Bertz CT molecular complexity index is 948. The molecule has 0 aliphatic heterocycles. The highest BCUT2D eigenvalue weighted by Crippen LogP contribution is 2.33. The predicted molar refractivity (Wildman–Crippen MR) is 110 cm³/mol. The summed E-state index contributed by atoms with van der Waals surface area (Å²) in [4.78, 5) is 18.6. The van der Waals surface area contributed by atoms with Crippen molar-refractivity contribution in [2.24, 2.45) is 17.6 Å². The second-order valence-corrected chi connectivity index (χ2v) is 7.82. The van der Waals surface area contributed by atoms with Gasteiger partial charge in [-0.05, 0) is 50.1 Å². The number of alkyl halides is 3. The van der Waals surface area contributed by atoms with E-state index < -0.39 is 22.5 Å². The molecule has 3 rings (SSSR count). The zero-order chi connectivity index (χ0) is 23.3. The normalized spacial score (nSPS) is 18.9. The summed E-state index contributed by atoms with van der Waals surface area (Å²) in [6, 6.07) is 2.97. The summed E-state index contributed by atoms with van der Waals surface area (Å²) in [5.74, 6) is -0.629. The topological polar surface area (TPSA) is 119 Å². The van der Waals surface area contributed by atoms with E-state index in [4.69, 9.17) is 5.73 Å². The maximum absolute atomic E-state index is 14.2. The van der Waals surface area contributed by atoms with E-state index in [1.807, 2.05) is 0 Å². The van der Waals surface area contributed by atoms with Gasteiger partial charge in [-0.1, -0.05) is 12.1 Å². The van der Waals surface area contributed by atoms with Gasteiger partial charge in [0.1, 0.15) is 12.0 Å². The third-order valence-corrected chi connectivity index (χ3v) is 5.65. The number of nitro groups is 1. The zero-order valence-electron chi connectivity index (χ0n) is 17.2. The van der Waals surface area contributed by atoms with E-state index in [0.29, 0.717) is 31.0 Å². The van der Waals surface area contributed by atoms with Gasteiger partial charge in [0.15, 0.2) is 0 Å². The largest absolute Gasteiger partial charge is 0.419 e. The van der Waals surface area contributed by atoms with Crippen LogP contribution in [-0.4, -0.2) is 28.0 Å². The van der Waals surface area contributed by atoms with Crippen molar-refractivity contribution in [3.63, 3.8) is 0 Å². The van der Waals surface area contributed by atoms with Crippen LogP contribution in [0.25, 0.3) is 0 Å². The monoisotopic (exact) mass is 456 g/mol. The third-order valence-electron chi connectivity index (χ3n) is 5.65. The van der Waals surface area contributed by atoms with Gasteiger partial charge in [0.25, 0.3) is 0 Å². The minimum absolute atomic E-state index is 0.00189. The molecule has 12 heteroatoms. The maximum Gasteiger partial charge on any atom is 0.419 e. The molecule has 0 unspecified atom stereocenters. The average Bonchev–Trinajstić information content (AvgIpc) is 2.76. The van der Waals surface area contributed by atoms with Crippen molar-refractivity contribution in [3.05, 3.63) is 51.5 Å². The second kappa shape index (κ2) is 10.1. The number of nitrogens with one attached hydrogen (secondary N) is 2. The van der Waals surface area contributed by atoms with Gasteiger partial charge < -0.3 is 16.4 Å². The van der Waals surface area contributed by atoms with Crippen LogP contribution in [0.2, 0.25) is 0 Å². The predicted octanol–water partition coefficient (Wildman–Crippen LogP) is 4.33. The van der Waals surface area contributed by atoms with Crippen molar-refractivity contribution >= 4 is 17.5 Å². The Kier molecular flexibility index (Phi) is 7.44. The summed E-state index contributed by atoms with van der Waals surface area (Å²) < 4.78 is 52.8. The Hall–Kier alpha value is -3.02. The number of benzene rings is 1. The fourth-order valence-corrected chi connectivity index (χ4v) is 3.75. The van der Waals surface area contributed by atoms with Gasteiger partial charge in [0.05, 0.1) is 10.5 Å². The summed E-state index contributed by atoms with van der Waals surface area (Å²) >= 11 is 0. The highest BCUT2D eigenvalue weighted by Gasteiger charge is 2.34. The lowest BCUT2D eigenvalue weighted by molar-refractivity contribution is -0.384. The van der Waals surface area contributed by atoms with Gasteiger partial charge in [-0.2, -0.15) is 18.2 Å². The van der Waals surface area contributed by atoms with E-state index in [0.717, 1.165) is 37.9 Å². The molecule has 0 atom stereocenters. The molecule has 1 heterocycles. The minimum atomic E-state index is -4.82. The van der Waals surface area contributed by atoms with Crippen molar-refractivity contribution < 1.29 is 22.5 Å². The van der Waals surface area contributed by atoms with Crippen molar-refractivity contribution in [3.8, 4) is 0 Å². The Morgan fingerprint density at radius 2 is 1.84 bits per heavy atom. The van der Waals surface area contributed by atoms with E-state index in [1.165, 1.54) is 6.07 Å². The van der Waals surface area contributed by atoms with E-state index in [1.54, 1.807) is 0 Å². The highest BCUT2D eigenvalue weighted by atomic mass is 19.4. The van der Waals surface area contributed by atoms with Crippen LogP contribution in [0.4, 0.5) is 35.0 Å². The molecule has 0 bridgehead atoms. The van der Waals surface area contributed by atoms with Crippen LogP contribution in [0, 0.1) is 27.8 Å². The molecule has 0 spiro atoms. The molecule has 32 heavy (non-hydrogen) atoms. The average molecular weight is 456 g/mol. The van der Waals surface area contributed by atoms with Crippen LogP contribution in [0.15, 0.2) is 24.4 Å². The first kappa shape index (κ1) is 23.6. The SMILES string of the molecule is NCC1CCC(CNc2nc(NCc3cccc(C(F)(F)F)c3F)ncc2[N+](=O)[O-])CC1. The van der Waals surface area contributed by atoms with Crippen LogP contribution >= 0.6 is 0 Å². The Labute approximate surface area is 181 Å². The first-order valence-electron chi connectivity index (χ1n) is 10.2. The number of rotatable bonds is 8. The van der Waals surface area contributed by atoms with Crippen LogP contribution in [0.1, 0.15) is 36.8 Å². The molecule has 1 saturated carbocycles. The molecule has 4 N–H and O–H groups in total. The Balaban J connectivity index is 1.69. The van der Waals surface area contributed by atoms with Crippen LogP contribution in [0.3, 0.4) is 0 Å². The van der Waals surface area contributed by atoms with Crippen molar-refractivity contribution in [1.82, 2.24) is 9.97 Å². The molecule has 0 amide bonds. The van der Waals surface area contributed by atoms with Crippen LogP contribution in [0.5, 0.6) is 0 Å². The third kappa shape index (κ3) is 5.81. The molecular weight excluding hydrogens is 432 g/mol. The zero-order valence-corrected chi connectivity index (χ0v) is 17.2. The molecule has 174 valence electrons. The van der Waals surface area contributed by atoms with Gasteiger partial charge in [-0.15, -0.1) is 0 Å². The summed E-state index contributed by atoms with van der Waals surface area (Å²) in [5, 5.41) is 16.9. The molecule has 1 aromatic carbocycles. The molecule has 1 aliphatic carbocycles. The van der Waals surface area contributed by atoms with Crippen LogP contribution < -0.4 is 16.4 Å². The smallest absolute Gasteiger partial charge is 0.364 e. The fraction of sp³-hybridized carbons (Fsp3) is 0.500. The lowest BCUT2D eigenvalue weighted by Crippen LogP contribution is -2.25. The van der Waals surface area contributed by atoms with E-state index in [-0.39, 0.29) is 29.6 Å². The van der Waals surface area contributed by atoms with Crippen molar-refractivity contribution in [1.29, 1.82) is 0 Å². The standard InChI is InChI=1S/C20H24F4N6O2/c21-17-14(2-1-3-15(17)20(22,23)24)10-27-19-28-11-16(30(31)32)18(29-19)26-9-13-6-4-12(8-25)5-7-13/h1-3,11-13H,4-10,25H2,(H2,26,27,28,29). The molecule has 8 nitrogen and oxygen atoms in total. The molecular formula is C20H24F4N6O2. The van der Waals surface area contributed by atoms with E-state index in [2.05, 4.69) is 20.6 Å². The quantitative estimate of drug-likeness (QED) is 0.307. The molecule has 0 saturated heterocycles. The second-order valence-electron chi connectivity index (χ2n) is 7.82. The molecule has 2 aromatic rings. The van der Waals surface area contributed by atoms with Gasteiger partial charge in [-0.3, -0.25) is 10.1 Å². The lowest BCUT2D eigenvalue weighted by atomic mass is 9.82. The van der Waals surface area contributed by atoms with Crippen molar-refractivity contribution in [2.45, 2.75) is 38.4 Å². The molecule has 1 aliphatic rings. The maximum atomic E-state index is 14.2. The number of hydrogen-bond donors (Lipinski definition) is 3. The number of nitrogens with zero attached hydrogens (tertiary/aromatic N) is 3. The number of halogens is 4. The fourth-order valence-electron chi connectivity index (χ4n) is 3.75. The number of anilines is 2. The Morgan fingerprint density at radius 3 is 2.47 bits per heavy atom. The molecule has 1 aromatic heterocycles. The number of hydrogen-bond acceptors (Lipinski definition) is 7. The van der Waals surface area contributed by atoms with Crippen LogP contribution in [-0.2, 0) is 12.7 Å². The summed E-state index contributed by atoms with van der Waals surface area (Å²) in [6.07, 6.45) is 0.102. The molecule has 0 radical (unpaired) electrons. The van der Waals surface area contributed by atoms with E-state index in [9.17, 15) is 27.7 Å². The summed E-state index contributed by atoms with van der Waals surface area (Å²) in [5.41, 5.74) is 3.78. The van der Waals surface area contributed by atoms with Gasteiger partial charge in [0, 0.05) is 18.7 Å². The first-order chi connectivity index (χ1) is 15.2. The summed E-state index contributed by atoms with van der Waals surface area (Å²) in [6.45, 7) is 0.811. The molecule has 1 fully saturated rings. The minimum Gasteiger partial charge on any atom is -0.364 e. The lowest BCUT2D eigenvalue weighted by Gasteiger charge is -2.27. The summed E-state index contributed by atoms with van der Waals surface area (Å²) in [7, 11) is 0. The highest BCUT2D eigenvalue weighted by molar-refractivity contribution is 5.57. The van der Waals surface area contributed by atoms with Gasteiger partial charge in [-0.25, -0.2) is 9.37 Å². The number of nitrogens with two attached hydrogens (primary N) is 1. The van der Waals surface area contributed by atoms with Gasteiger partial charge >= 0.3 is 11.9 Å². The number of aromatic nitrogens is 2. The van der Waals surface area contributed by atoms with E-state index >= 15 is 0 Å². The van der Waals surface area contributed by atoms with Gasteiger partial charge in [0.2, 0.25) is 11.8 Å². The Morgan fingerprint density at radius 1 is 1.16 bits per heavy atom.